The summed E-state index contributed by atoms with van der Waals surface area (Å²) in [6.07, 6.45) is 5.16. The first-order valence-corrected chi connectivity index (χ1v) is 17.3. The van der Waals surface area contributed by atoms with Crippen LogP contribution in [0.1, 0.15) is 39.5 Å². The molecule has 0 bridgehead atoms. The Morgan fingerprint density at radius 3 is 1.34 bits per heavy atom. The zero-order chi connectivity index (χ0) is 29.1. The summed E-state index contributed by atoms with van der Waals surface area (Å²) >= 11 is 0. The minimum atomic E-state index is -3.77. The van der Waals surface area contributed by atoms with E-state index in [2.05, 4.69) is 17.5 Å². The van der Waals surface area contributed by atoms with E-state index in [1.54, 1.807) is 0 Å². The maximum absolute atomic E-state index is 12.9. The van der Waals surface area contributed by atoms with Gasteiger partial charge in [0.05, 0.1) is 38.2 Å². The number of hydrogen-bond acceptors (Lipinski definition) is 5. The second kappa shape index (κ2) is 14.4. The van der Waals surface area contributed by atoms with Crippen LogP contribution >= 0.6 is 10.3 Å². The van der Waals surface area contributed by atoms with Crippen molar-refractivity contribution < 1.29 is 26.3 Å². The van der Waals surface area contributed by atoms with Crippen LogP contribution in [0.25, 0.3) is 0 Å². The van der Waals surface area contributed by atoms with E-state index < -0.39 is 20.4 Å². The molecular formula is C33H39O6S2+. The normalized spacial score (nSPS) is 12.1. The minimum absolute atomic E-state index is 0.629. The number of para-hydroxylation sites is 1. The fourth-order valence-corrected chi connectivity index (χ4v) is 9.27. The maximum atomic E-state index is 12.9. The van der Waals surface area contributed by atoms with Crippen molar-refractivity contribution in [2.45, 2.75) is 54.2 Å². The topological polar surface area (TPSA) is 74.6 Å². The molecule has 0 aliphatic carbocycles. The molecule has 41 heavy (non-hydrogen) atoms. The predicted octanol–water partition coefficient (Wildman–Crippen LogP) is 9.09. The fraction of sp³-hybridized carbons (Fsp3) is 0.273. The second-order valence-electron chi connectivity index (χ2n) is 9.62. The summed E-state index contributed by atoms with van der Waals surface area (Å²) in [4.78, 5) is 2.33. The molecule has 0 saturated heterocycles. The lowest BCUT2D eigenvalue weighted by atomic mass is 10.3. The Balaban J connectivity index is 1.79. The van der Waals surface area contributed by atoms with Gasteiger partial charge >= 0.3 is 10.1 Å². The van der Waals surface area contributed by atoms with Crippen LogP contribution in [-0.2, 0) is 10.1 Å². The van der Waals surface area contributed by atoms with E-state index >= 15 is 0 Å². The lowest BCUT2D eigenvalue weighted by molar-refractivity contribution is 0.309. The molecule has 0 heterocycles. The largest absolute Gasteiger partial charge is 0.494 e. The van der Waals surface area contributed by atoms with Crippen molar-refractivity contribution in [1.29, 1.82) is 0 Å². The van der Waals surface area contributed by atoms with Crippen molar-refractivity contribution in [1.82, 2.24) is 0 Å². The highest BCUT2D eigenvalue weighted by Crippen LogP contribution is 2.68. The Morgan fingerprint density at radius 1 is 0.561 bits per heavy atom. The quantitative estimate of drug-likeness (QED) is 0.0778. The van der Waals surface area contributed by atoms with Crippen molar-refractivity contribution in [2.24, 2.45) is 0 Å². The van der Waals surface area contributed by atoms with Crippen LogP contribution in [0, 0.1) is 0 Å². The number of rotatable bonds is 15. The summed E-state index contributed by atoms with van der Waals surface area (Å²) in [5.74, 6) is 2.84. The molecule has 0 amide bonds. The van der Waals surface area contributed by atoms with Crippen LogP contribution in [0.2, 0.25) is 0 Å². The smallest absolute Gasteiger partial charge is 0.387 e. The zero-order valence-corrected chi connectivity index (χ0v) is 25.5. The van der Waals surface area contributed by atoms with Gasteiger partial charge in [-0.15, -0.1) is 0 Å². The molecule has 1 N–H and O–H groups in total. The van der Waals surface area contributed by atoms with Gasteiger partial charge in [-0.25, -0.2) is 0 Å². The fourth-order valence-electron chi connectivity index (χ4n) is 4.20. The van der Waals surface area contributed by atoms with Crippen LogP contribution in [0.3, 0.4) is 0 Å². The molecule has 0 saturated carbocycles. The van der Waals surface area contributed by atoms with Crippen LogP contribution in [0.5, 0.6) is 23.0 Å². The first-order valence-electron chi connectivity index (χ1n) is 13.9. The summed E-state index contributed by atoms with van der Waals surface area (Å²) in [5, 5.41) is 0. The maximum Gasteiger partial charge on any atom is 0.387 e. The Kier molecular flexibility index (Phi) is 10.7. The Morgan fingerprint density at radius 2 is 0.951 bits per heavy atom. The number of unbranched alkanes of at least 4 members (excludes halogenated alkanes) is 2. The Hall–Kier alpha value is -3.46. The van der Waals surface area contributed by atoms with Crippen molar-refractivity contribution >= 4 is 20.4 Å². The molecule has 8 heteroatoms. The molecule has 0 fully saturated rings. The molecule has 4 rings (SSSR count). The predicted molar refractivity (Wildman–Crippen MR) is 167 cm³/mol. The van der Waals surface area contributed by atoms with Gasteiger partial charge < -0.3 is 14.2 Å². The second-order valence-corrected chi connectivity index (χ2v) is 14.3. The average molecular weight is 596 g/mol. The van der Waals surface area contributed by atoms with Gasteiger partial charge in [-0.2, -0.15) is 8.42 Å². The molecule has 4 aromatic carbocycles. The third-order valence-corrected chi connectivity index (χ3v) is 11.1. The van der Waals surface area contributed by atoms with E-state index in [4.69, 9.17) is 14.2 Å². The summed E-state index contributed by atoms with van der Waals surface area (Å²) < 4.78 is 48.3. The van der Waals surface area contributed by atoms with Crippen LogP contribution < -0.4 is 14.2 Å². The van der Waals surface area contributed by atoms with E-state index in [0.29, 0.717) is 19.0 Å². The van der Waals surface area contributed by atoms with E-state index in [1.807, 2.05) is 103 Å². The molecule has 218 valence electrons. The lowest BCUT2D eigenvalue weighted by Crippen LogP contribution is -2.17. The molecule has 4 aromatic rings. The van der Waals surface area contributed by atoms with Crippen molar-refractivity contribution in [3.63, 3.8) is 0 Å². The first-order chi connectivity index (χ1) is 19.8. The summed E-state index contributed by atoms with van der Waals surface area (Å²) in [6.45, 7) is 5.49. The molecule has 0 spiro atoms. The average Bonchev–Trinajstić information content (AvgIpc) is 2.98. The molecular weight excluding hydrogens is 556 g/mol. The number of benzene rings is 4. The zero-order valence-electron chi connectivity index (χ0n) is 23.9. The molecule has 0 atom stereocenters. The third kappa shape index (κ3) is 8.28. The lowest BCUT2D eigenvalue weighted by Gasteiger charge is -2.34. The summed E-state index contributed by atoms with van der Waals surface area (Å²) in [5.41, 5.74) is 0. The van der Waals surface area contributed by atoms with Crippen LogP contribution in [0.15, 0.2) is 118 Å². The molecule has 0 aliphatic rings. The monoisotopic (exact) mass is 595 g/mol. The standard InChI is InChI=1S/C33H38O6S2/c1-4-6-25-36-27-13-19-31(20-14-27)41(39-40(3,34)35,32-21-15-28(16-22-32)37-26-7-5-2)33-23-17-30(18-24-33)38-29-11-9-8-10-12-29/h8-24H,4-7,25-26H2,1-3H3/p+1. The molecule has 0 aliphatic heterocycles. The highest BCUT2D eigenvalue weighted by Gasteiger charge is 2.41. The van der Waals surface area contributed by atoms with Gasteiger partial charge in [0.2, 0.25) is 0 Å². The Bertz CT molecular complexity index is 1400. The van der Waals surface area contributed by atoms with Gasteiger partial charge in [0.15, 0.2) is 0 Å². The molecule has 0 radical (unpaired) electrons. The SMILES string of the molecule is CCCCOc1ccc(S([OH+]S(C)(=O)=O)(c2ccc(OCCCC)cc2)c2ccc(Oc3ccccc3)cc2)cc1. The van der Waals surface area contributed by atoms with Crippen molar-refractivity contribution in [3.05, 3.63) is 103 Å². The number of ether oxygens (including phenoxy) is 3. The van der Waals surface area contributed by atoms with E-state index in [0.717, 1.165) is 63.9 Å². The molecule has 6 nitrogen and oxygen atoms in total. The van der Waals surface area contributed by atoms with E-state index in [-0.39, 0.29) is 0 Å². The van der Waals surface area contributed by atoms with Gasteiger partial charge in [-0.1, -0.05) is 44.9 Å². The van der Waals surface area contributed by atoms with Crippen molar-refractivity contribution in [2.75, 3.05) is 19.5 Å². The van der Waals surface area contributed by atoms with E-state index in [1.165, 1.54) is 0 Å². The van der Waals surface area contributed by atoms with Gasteiger partial charge in [0, 0.05) is 0 Å². The molecule has 0 unspecified atom stereocenters. The Labute approximate surface area is 245 Å². The number of hydrogen-bond donors (Lipinski definition) is 0. The minimum Gasteiger partial charge on any atom is -0.494 e. The molecule has 0 aromatic heterocycles. The van der Waals surface area contributed by atoms with Crippen LogP contribution in [0.4, 0.5) is 0 Å². The summed E-state index contributed by atoms with van der Waals surface area (Å²) in [7, 11) is -6.37. The third-order valence-electron chi connectivity index (χ3n) is 6.25. The first kappa shape index (κ1) is 30.5. The van der Waals surface area contributed by atoms with Gasteiger partial charge in [0.25, 0.3) is 0 Å². The van der Waals surface area contributed by atoms with Crippen molar-refractivity contribution in [3.8, 4) is 23.0 Å². The van der Waals surface area contributed by atoms with Gasteiger partial charge in [-0.3, -0.25) is 3.63 Å². The van der Waals surface area contributed by atoms with E-state index in [9.17, 15) is 8.42 Å². The highest BCUT2D eigenvalue weighted by molar-refractivity contribution is 8.32. The van der Waals surface area contributed by atoms with Gasteiger partial charge in [-0.05, 0) is 97.8 Å². The van der Waals surface area contributed by atoms with Gasteiger partial charge in [0.1, 0.15) is 29.3 Å². The highest BCUT2D eigenvalue weighted by atomic mass is 32.3. The summed E-state index contributed by atoms with van der Waals surface area (Å²) in [6, 6.07) is 32.3. The van der Waals surface area contributed by atoms with Crippen LogP contribution in [-0.4, -0.2) is 31.5 Å².